The first-order valence-corrected chi connectivity index (χ1v) is 7.55. The molecule has 7 heteroatoms. The predicted molar refractivity (Wildman–Crippen MR) is 86.3 cm³/mol. The molecule has 0 spiro atoms. The molecular weight excluding hydrogens is 395 g/mol. The molecule has 100 valence electrons. The largest absolute Gasteiger partial charge is 0.354 e. The second-order valence-corrected chi connectivity index (χ2v) is 5.79. The van der Waals surface area contributed by atoms with E-state index in [2.05, 4.69) is 52.5 Å². The van der Waals surface area contributed by atoms with Crippen LogP contribution in [0.15, 0.2) is 33.3 Å². The van der Waals surface area contributed by atoms with Crippen LogP contribution < -0.4 is 10.6 Å². The molecule has 0 aliphatic heterocycles. The van der Waals surface area contributed by atoms with E-state index in [1.165, 1.54) is 0 Å². The van der Waals surface area contributed by atoms with E-state index < -0.39 is 0 Å². The molecule has 0 atom stereocenters. The smallest absolute Gasteiger partial charge is 0.224 e. The maximum Gasteiger partial charge on any atom is 0.224 e. The number of anilines is 3. The van der Waals surface area contributed by atoms with Gasteiger partial charge < -0.3 is 10.6 Å². The van der Waals surface area contributed by atoms with Gasteiger partial charge in [-0.2, -0.15) is 4.98 Å². The Labute approximate surface area is 133 Å². The minimum Gasteiger partial charge on any atom is -0.354 e. The molecule has 4 nitrogen and oxygen atoms in total. The summed E-state index contributed by atoms with van der Waals surface area (Å²) in [6.45, 7) is 2.77. The summed E-state index contributed by atoms with van der Waals surface area (Å²) < 4.78 is 1.62. The van der Waals surface area contributed by atoms with Gasteiger partial charge >= 0.3 is 0 Å². The lowest BCUT2D eigenvalue weighted by Crippen LogP contribution is -2.04. The van der Waals surface area contributed by atoms with Gasteiger partial charge in [0, 0.05) is 22.9 Å². The molecule has 0 saturated heterocycles. The van der Waals surface area contributed by atoms with Crippen LogP contribution in [0.2, 0.25) is 5.02 Å². The SMILES string of the molecule is CCNc1ncc(Br)c(Nc2ccc(Cl)c(Br)c2)n1. The van der Waals surface area contributed by atoms with Crippen LogP contribution in [-0.2, 0) is 0 Å². The number of halogens is 3. The highest BCUT2D eigenvalue weighted by atomic mass is 79.9. The van der Waals surface area contributed by atoms with Crippen molar-refractivity contribution in [2.75, 3.05) is 17.2 Å². The van der Waals surface area contributed by atoms with Gasteiger partial charge in [-0.25, -0.2) is 4.98 Å². The van der Waals surface area contributed by atoms with Crippen LogP contribution in [0.5, 0.6) is 0 Å². The van der Waals surface area contributed by atoms with E-state index in [-0.39, 0.29) is 0 Å². The molecule has 0 aliphatic carbocycles. The molecule has 0 radical (unpaired) electrons. The van der Waals surface area contributed by atoms with Gasteiger partial charge in [-0.05, 0) is 57.0 Å². The van der Waals surface area contributed by atoms with E-state index in [1.54, 1.807) is 6.20 Å². The summed E-state index contributed by atoms with van der Waals surface area (Å²) in [6, 6.07) is 5.59. The Morgan fingerprint density at radius 1 is 1.26 bits per heavy atom. The van der Waals surface area contributed by atoms with Gasteiger partial charge in [0.05, 0.1) is 9.50 Å². The lowest BCUT2D eigenvalue weighted by molar-refractivity contribution is 1.08. The molecule has 0 bridgehead atoms. The molecule has 1 aromatic carbocycles. The van der Waals surface area contributed by atoms with Gasteiger partial charge in [-0.15, -0.1) is 0 Å². The van der Waals surface area contributed by atoms with E-state index in [1.807, 2.05) is 25.1 Å². The normalized spacial score (nSPS) is 10.3. The van der Waals surface area contributed by atoms with Gasteiger partial charge in [0.2, 0.25) is 5.95 Å². The first kappa shape index (κ1) is 14.6. The first-order chi connectivity index (χ1) is 9.10. The van der Waals surface area contributed by atoms with Crippen molar-refractivity contribution in [1.82, 2.24) is 9.97 Å². The summed E-state index contributed by atoms with van der Waals surface area (Å²) in [5.74, 6) is 1.28. The average Bonchev–Trinajstić information content (AvgIpc) is 2.38. The minimum atomic E-state index is 0.584. The summed E-state index contributed by atoms with van der Waals surface area (Å²) in [5, 5.41) is 6.95. The van der Waals surface area contributed by atoms with E-state index >= 15 is 0 Å². The van der Waals surface area contributed by atoms with Crippen molar-refractivity contribution in [3.8, 4) is 0 Å². The fourth-order valence-corrected chi connectivity index (χ4v) is 2.20. The number of aromatic nitrogens is 2. The highest BCUT2D eigenvalue weighted by Crippen LogP contribution is 2.29. The van der Waals surface area contributed by atoms with Gasteiger partial charge in [-0.1, -0.05) is 11.6 Å². The fourth-order valence-electron chi connectivity index (χ4n) is 1.41. The van der Waals surface area contributed by atoms with Gasteiger partial charge in [0.25, 0.3) is 0 Å². The van der Waals surface area contributed by atoms with Crippen molar-refractivity contribution >= 4 is 60.9 Å². The third kappa shape index (κ3) is 3.81. The predicted octanol–water partition coefficient (Wildman–Crippen LogP) is 4.83. The molecule has 2 aromatic rings. The number of hydrogen-bond donors (Lipinski definition) is 2. The quantitative estimate of drug-likeness (QED) is 0.764. The van der Waals surface area contributed by atoms with Crippen LogP contribution in [0.4, 0.5) is 17.5 Å². The zero-order valence-electron chi connectivity index (χ0n) is 10.0. The molecule has 1 aromatic heterocycles. The van der Waals surface area contributed by atoms with Crippen molar-refractivity contribution in [1.29, 1.82) is 0 Å². The van der Waals surface area contributed by atoms with Crippen molar-refractivity contribution in [2.24, 2.45) is 0 Å². The molecule has 0 fully saturated rings. The molecule has 1 heterocycles. The molecule has 0 saturated carbocycles. The van der Waals surface area contributed by atoms with Crippen molar-refractivity contribution < 1.29 is 0 Å². The standard InChI is InChI=1S/C12H11Br2ClN4/c1-2-16-12-17-6-9(14)11(19-12)18-7-3-4-10(15)8(13)5-7/h3-6H,2H2,1H3,(H2,16,17,18,19). The van der Waals surface area contributed by atoms with Gasteiger partial charge in [0.1, 0.15) is 5.82 Å². The van der Waals surface area contributed by atoms with Crippen LogP contribution in [0.25, 0.3) is 0 Å². The van der Waals surface area contributed by atoms with Crippen LogP contribution in [0.1, 0.15) is 6.92 Å². The number of nitrogens with one attached hydrogen (secondary N) is 2. The summed E-state index contributed by atoms with van der Waals surface area (Å²) in [4.78, 5) is 8.54. The van der Waals surface area contributed by atoms with E-state index in [4.69, 9.17) is 11.6 Å². The molecule has 19 heavy (non-hydrogen) atoms. The van der Waals surface area contributed by atoms with Crippen LogP contribution in [-0.4, -0.2) is 16.5 Å². The maximum atomic E-state index is 5.96. The van der Waals surface area contributed by atoms with E-state index in [0.29, 0.717) is 16.8 Å². The van der Waals surface area contributed by atoms with Crippen LogP contribution >= 0.6 is 43.5 Å². The number of nitrogens with zero attached hydrogens (tertiary/aromatic N) is 2. The highest BCUT2D eigenvalue weighted by Gasteiger charge is 2.06. The Balaban J connectivity index is 2.26. The Morgan fingerprint density at radius 2 is 2.05 bits per heavy atom. The lowest BCUT2D eigenvalue weighted by atomic mass is 10.3. The Kier molecular flexibility index (Phi) is 5.01. The van der Waals surface area contributed by atoms with Crippen LogP contribution in [0.3, 0.4) is 0 Å². The average molecular weight is 407 g/mol. The zero-order chi connectivity index (χ0) is 13.8. The molecule has 0 unspecified atom stereocenters. The highest BCUT2D eigenvalue weighted by molar-refractivity contribution is 9.11. The summed E-state index contributed by atoms with van der Waals surface area (Å²) in [6.07, 6.45) is 1.71. The second kappa shape index (κ2) is 6.54. The van der Waals surface area contributed by atoms with Crippen LogP contribution in [0, 0.1) is 0 Å². The molecular formula is C12H11Br2ClN4. The Hall–Kier alpha value is -0.850. The Morgan fingerprint density at radius 3 is 2.74 bits per heavy atom. The second-order valence-electron chi connectivity index (χ2n) is 3.67. The molecule has 2 rings (SSSR count). The third-order valence-electron chi connectivity index (χ3n) is 2.26. The van der Waals surface area contributed by atoms with E-state index in [0.717, 1.165) is 21.2 Å². The number of benzene rings is 1. The fraction of sp³-hybridized carbons (Fsp3) is 0.167. The van der Waals surface area contributed by atoms with E-state index in [9.17, 15) is 0 Å². The maximum absolute atomic E-state index is 5.96. The van der Waals surface area contributed by atoms with Crippen molar-refractivity contribution in [2.45, 2.75) is 6.92 Å². The van der Waals surface area contributed by atoms with Gasteiger partial charge in [0.15, 0.2) is 0 Å². The summed E-state index contributed by atoms with van der Waals surface area (Å²) >= 11 is 12.8. The molecule has 0 amide bonds. The molecule has 2 N–H and O–H groups in total. The third-order valence-corrected chi connectivity index (χ3v) is 4.06. The minimum absolute atomic E-state index is 0.584. The van der Waals surface area contributed by atoms with Gasteiger partial charge in [-0.3, -0.25) is 0 Å². The molecule has 0 aliphatic rings. The number of hydrogen-bond acceptors (Lipinski definition) is 4. The monoisotopic (exact) mass is 404 g/mol. The zero-order valence-corrected chi connectivity index (χ0v) is 14.0. The topological polar surface area (TPSA) is 49.8 Å². The van der Waals surface area contributed by atoms with Crippen molar-refractivity contribution in [3.05, 3.63) is 38.4 Å². The Bertz CT molecular complexity index is 592. The van der Waals surface area contributed by atoms with Crippen molar-refractivity contribution in [3.63, 3.8) is 0 Å². The summed E-state index contributed by atoms with van der Waals surface area (Å²) in [7, 11) is 0. The number of rotatable bonds is 4. The first-order valence-electron chi connectivity index (χ1n) is 5.58. The lowest BCUT2D eigenvalue weighted by Gasteiger charge is -2.10. The summed E-state index contributed by atoms with van der Waals surface area (Å²) in [5.41, 5.74) is 0.887.